The van der Waals surface area contributed by atoms with Crippen LogP contribution in [0.25, 0.3) is 6.08 Å². The second kappa shape index (κ2) is 10.1. The van der Waals surface area contributed by atoms with E-state index in [2.05, 4.69) is 0 Å². The summed E-state index contributed by atoms with van der Waals surface area (Å²) < 4.78 is 15.8. The highest BCUT2D eigenvalue weighted by molar-refractivity contribution is 6.32. The number of nitrogens with zero attached hydrogens (tertiary/aromatic N) is 2. The molecule has 1 aliphatic heterocycles. The van der Waals surface area contributed by atoms with E-state index in [0.29, 0.717) is 55.9 Å². The predicted molar refractivity (Wildman–Crippen MR) is 103 cm³/mol. The maximum atomic E-state index is 12.4. The van der Waals surface area contributed by atoms with Crippen LogP contribution in [0.3, 0.4) is 0 Å². The van der Waals surface area contributed by atoms with Crippen LogP contribution in [-0.4, -0.2) is 68.3 Å². The first-order valence-electron chi connectivity index (χ1n) is 8.89. The lowest BCUT2D eigenvalue weighted by Gasteiger charge is -2.33. The lowest BCUT2D eigenvalue weighted by molar-refractivity contribution is -0.127. The SMILES string of the molecule is CCOC(=O)N1CCN(C(=O)/C=C/c2cc(Cl)c(OC)c(OCC)c2)CC1. The number of piperazine rings is 1. The summed E-state index contributed by atoms with van der Waals surface area (Å²) >= 11 is 6.22. The number of carbonyl (C=O) groups excluding carboxylic acids is 2. The Morgan fingerprint density at radius 1 is 1.11 bits per heavy atom. The lowest BCUT2D eigenvalue weighted by Crippen LogP contribution is -2.50. The van der Waals surface area contributed by atoms with Gasteiger partial charge in [0.2, 0.25) is 5.91 Å². The maximum absolute atomic E-state index is 12.4. The van der Waals surface area contributed by atoms with Crippen LogP contribution in [0.5, 0.6) is 11.5 Å². The van der Waals surface area contributed by atoms with Crippen LogP contribution < -0.4 is 9.47 Å². The first kappa shape index (κ1) is 20.9. The summed E-state index contributed by atoms with van der Waals surface area (Å²) in [7, 11) is 1.53. The van der Waals surface area contributed by atoms with Gasteiger partial charge in [-0.2, -0.15) is 0 Å². The molecule has 148 valence electrons. The Kier molecular flexibility index (Phi) is 7.79. The molecule has 2 rings (SSSR count). The highest BCUT2D eigenvalue weighted by Crippen LogP contribution is 2.36. The molecule has 1 heterocycles. The van der Waals surface area contributed by atoms with Crippen LogP contribution in [0.2, 0.25) is 5.02 Å². The predicted octanol–water partition coefficient (Wildman–Crippen LogP) is 3.06. The standard InChI is InChI=1S/C19H25ClN2O5/c1-4-26-16-13-14(12-15(20)18(16)25-3)6-7-17(23)21-8-10-22(11-9-21)19(24)27-5-2/h6-7,12-13H,4-5,8-11H2,1-3H3/b7-6+. The zero-order valence-corrected chi connectivity index (χ0v) is 16.6. The zero-order chi connectivity index (χ0) is 19.8. The van der Waals surface area contributed by atoms with E-state index in [1.54, 1.807) is 34.9 Å². The Labute approximate surface area is 164 Å². The number of hydrogen-bond donors (Lipinski definition) is 0. The molecular weight excluding hydrogens is 372 g/mol. The third-order valence-corrected chi connectivity index (χ3v) is 4.35. The fourth-order valence-electron chi connectivity index (χ4n) is 2.74. The third-order valence-electron chi connectivity index (χ3n) is 4.07. The molecule has 27 heavy (non-hydrogen) atoms. The molecule has 0 radical (unpaired) electrons. The topological polar surface area (TPSA) is 68.3 Å². The molecule has 0 bridgehead atoms. The van der Waals surface area contributed by atoms with Gasteiger partial charge in [-0.3, -0.25) is 4.79 Å². The molecule has 0 atom stereocenters. The Hall–Kier alpha value is -2.41. The van der Waals surface area contributed by atoms with Crippen molar-refractivity contribution in [2.45, 2.75) is 13.8 Å². The second-order valence-corrected chi connectivity index (χ2v) is 6.22. The van der Waals surface area contributed by atoms with Crippen LogP contribution in [0.1, 0.15) is 19.4 Å². The number of carbonyl (C=O) groups is 2. The molecule has 1 fully saturated rings. The largest absolute Gasteiger partial charge is 0.491 e. The highest BCUT2D eigenvalue weighted by atomic mass is 35.5. The molecule has 0 unspecified atom stereocenters. The summed E-state index contributed by atoms with van der Waals surface area (Å²) in [6.45, 7) is 6.31. The Morgan fingerprint density at radius 3 is 2.37 bits per heavy atom. The van der Waals surface area contributed by atoms with E-state index in [-0.39, 0.29) is 12.0 Å². The van der Waals surface area contributed by atoms with Crippen LogP contribution in [-0.2, 0) is 9.53 Å². The molecule has 7 nitrogen and oxygen atoms in total. The van der Waals surface area contributed by atoms with Crippen molar-refractivity contribution in [1.29, 1.82) is 0 Å². The first-order valence-corrected chi connectivity index (χ1v) is 9.26. The summed E-state index contributed by atoms with van der Waals surface area (Å²) in [5, 5.41) is 0.415. The van der Waals surface area contributed by atoms with E-state index in [4.69, 9.17) is 25.8 Å². The molecule has 0 N–H and O–H groups in total. The molecule has 1 aromatic carbocycles. The van der Waals surface area contributed by atoms with Crippen LogP contribution in [0.15, 0.2) is 18.2 Å². The normalized spacial score (nSPS) is 14.4. The summed E-state index contributed by atoms with van der Waals surface area (Å²) in [5.74, 6) is 0.878. The van der Waals surface area contributed by atoms with E-state index in [1.807, 2.05) is 6.92 Å². The first-order chi connectivity index (χ1) is 13.0. The summed E-state index contributed by atoms with van der Waals surface area (Å²) in [5.41, 5.74) is 0.739. The van der Waals surface area contributed by atoms with Gasteiger partial charge < -0.3 is 24.0 Å². The molecule has 1 aliphatic rings. The Balaban J connectivity index is 2.00. The van der Waals surface area contributed by atoms with E-state index < -0.39 is 0 Å². The Bertz CT molecular complexity index is 700. The van der Waals surface area contributed by atoms with Crippen molar-refractivity contribution >= 4 is 29.7 Å². The monoisotopic (exact) mass is 396 g/mol. The van der Waals surface area contributed by atoms with Gasteiger partial charge in [0.25, 0.3) is 0 Å². The molecule has 0 spiro atoms. The fraction of sp³-hybridized carbons (Fsp3) is 0.474. The van der Waals surface area contributed by atoms with E-state index in [1.165, 1.54) is 13.2 Å². The molecule has 1 aromatic rings. The molecule has 1 saturated heterocycles. The van der Waals surface area contributed by atoms with Crippen molar-refractivity contribution in [3.63, 3.8) is 0 Å². The minimum atomic E-state index is -0.337. The number of amides is 2. The minimum Gasteiger partial charge on any atom is -0.491 e. The number of benzene rings is 1. The van der Waals surface area contributed by atoms with Crippen LogP contribution in [0.4, 0.5) is 4.79 Å². The van der Waals surface area contributed by atoms with Gasteiger partial charge in [-0.1, -0.05) is 11.6 Å². The van der Waals surface area contributed by atoms with Gasteiger partial charge in [0.1, 0.15) is 0 Å². The molecule has 2 amide bonds. The molecule has 0 aliphatic carbocycles. The quantitative estimate of drug-likeness (QED) is 0.691. The second-order valence-electron chi connectivity index (χ2n) is 5.81. The maximum Gasteiger partial charge on any atom is 0.409 e. The van der Waals surface area contributed by atoms with Gasteiger partial charge in [-0.25, -0.2) is 4.79 Å². The average Bonchev–Trinajstić information content (AvgIpc) is 2.66. The van der Waals surface area contributed by atoms with Crippen molar-refractivity contribution in [3.8, 4) is 11.5 Å². The van der Waals surface area contributed by atoms with Crippen molar-refractivity contribution in [1.82, 2.24) is 9.80 Å². The van der Waals surface area contributed by atoms with Crippen molar-refractivity contribution in [2.75, 3.05) is 46.5 Å². The molecule has 0 aromatic heterocycles. The fourth-order valence-corrected chi connectivity index (χ4v) is 3.04. The Morgan fingerprint density at radius 2 is 1.78 bits per heavy atom. The van der Waals surface area contributed by atoms with Crippen LogP contribution in [0, 0.1) is 0 Å². The van der Waals surface area contributed by atoms with Crippen molar-refractivity contribution < 1.29 is 23.8 Å². The van der Waals surface area contributed by atoms with Gasteiger partial charge in [-0.05, 0) is 37.6 Å². The molecule has 0 saturated carbocycles. The van der Waals surface area contributed by atoms with Gasteiger partial charge in [0, 0.05) is 32.3 Å². The van der Waals surface area contributed by atoms with Gasteiger partial charge in [0.05, 0.1) is 25.3 Å². The van der Waals surface area contributed by atoms with Gasteiger partial charge in [-0.15, -0.1) is 0 Å². The molecule has 8 heteroatoms. The summed E-state index contributed by atoms with van der Waals surface area (Å²) in [6.07, 6.45) is 2.85. The van der Waals surface area contributed by atoms with Gasteiger partial charge in [0.15, 0.2) is 11.5 Å². The van der Waals surface area contributed by atoms with Crippen molar-refractivity contribution in [3.05, 3.63) is 28.8 Å². The molecular formula is C19H25ClN2O5. The number of rotatable bonds is 6. The zero-order valence-electron chi connectivity index (χ0n) is 15.9. The number of ether oxygens (including phenoxy) is 3. The minimum absolute atomic E-state index is 0.122. The smallest absolute Gasteiger partial charge is 0.409 e. The van der Waals surface area contributed by atoms with E-state index in [9.17, 15) is 9.59 Å². The average molecular weight is 397 g/mol. The summed E-state index contributed by atoms with van der Waals surface area (Å²) in [4.78, 5) is 27.4. The van der Waals surface area contributed by atoms with E-state index in [0.717, 1.165) is 5.56 Å². The number of methoxy groups -OCH3 is 1. The highest BCUT2D eigenvalue weighted by Gasteiger charge is 2.23. The third kappa shape index (κ3) is 5.53. The number of hydrogen-bond acceptors (Lipinski definition) is 5. The number of halogens is 1. The van der Waals surface area contributed by atoms with Gasteiger partial charge >= 0.3 is 6.09 Å². The lowest BCUT2D eigenvalue weighted by atomic mass is 10.1. The van der Waals surface area contributed by atoms with Crippen molar-refractivity contribution in [2.24, 2.45) is 0 Å². The van der Waals surface area contributed by atoms with E-state index >= 15 is 0 Å². The summed E-state index contributed by atoms with van der Waals surface area (Å²) in [6, 6.07) is 3.49. The van der Waals surface area contributed by atoms with Crippen LogP contribution >= 0.6 is 11.6 Å².